The summed E-state index contributed by atoms with van der Waals surface area (Å²) in [6.07, 6.45) is 2.76. The number of nitrogens with zero attached hydrogens (tertiary/aromatic N) is 1. The van der Waals surface area contributed by atoms with E-state index in [9.17, 15) is 4.79 Å². The van der Waals surface area contributed by atoms with Crippen LogP contribution in [0.2, 0.25) is 0 Å². The molecule has 0 amide bonds. The highest BCUT2D eigenvalue weighted by Crippen LogP contribution is 2.07. The van der Waals surface area contributed by atoms with Crippen molar-refractivity contribution in [3.05, 3.63) is 30.1 Å². The first-order chi connectivity index (χ1) is 7.86. The fourth-order valence-corrected chi connectivity index (χ4v) is 1.78. The Morgan fingerprint density at radius 2 is 2.50 bits per heavy atom. The first-order valence-corrected chi connectivity index (χ1v) is 5.59. The molecule has 0 spiro atoms. The third-order valence-corrected chi connectivity index (χ3v) is 2.70. The van der Waals surface area contributed by atoms with Gasteiger partial charge in [0, 0.05) is 12.7 Å². The quantitative estimate of drug-likeness (QED) is 0.749. The molecule has 1 fully saturated rings. The Morgan fingerprint density at radius 3 is 3.19 bits per heavy atom. The van der Waals surface area contributed by atoms with E-state index in [-0.39, 0.29) is 12.4 Å². The lowest BCUT2D eigenvalue weighted by Gasteiger charge is -2.08. The lowest BCUT2D eigenvalue weighted by atomic mass is 10.1. The van der Waals surface area contributed by atoms with Crippen molar-refractivity contribution in [3.63, 3.8) is 0 Å². The summed E-state index contributed by atoms with van der Waals surface area (Å²) in [5.74, 6) is 0.503. The van der Waals surface area contributed by atoms with Gasteiger partial charge in [0.05, 0.1) is 6.61 Å². The Morgan fingerprint density at radius 1 is 1.56 bits per heavy atom. The molecule has 0 radical (unpaired) electrons. The van der Waals surface area contributed by atoms with Gasteiger partial charge in [-0.1, -0.05) is 6.07 Å². The van der Waals surface area contributed by atoms with Crippen LogP contribution in [0.1, 0.15) is 16.9 Å². The zero-order valence-electron chi connectivity index (χ0n) is 9.19. The number of ether oxygens (including phenoxy) is 1. The molecule has 16 heavy (non-hydrogen) atoms. The summed E-state index contributed by atoms with van der Waals surface area (Å²) >= 11 is 0. The van der Waals surface area contributed by atoms with Gasteiger partial charge in [-0.15, -0.1) is 0 Å². The monoisotopic (exact) mass is 220 g/mol. The van der Waals surface area contributed by atoms with E-state index < -0.39 is 0 Å². The molecule has 0 unspecified atom stereocenters. The highest BCUT2D eigenvalue weighted by molar-refractivity contribution is 5.95. The maximum Gasteiger partial charge on any atom is 0.206 e. The van der Waals surface area contributed by atoms with E-state index in [1.807, 2.05) is 0 Å². The Labute approximate surface area is 95.0 Å². The van der Waals surface area contributed by atoms with Gasteiger partial charge in [-0.2, -0.15) is 0 Å². The zero-order valence-corrected chi connectivity index (χ0v) is 9.19. The fourth-order valence-electron chi connectivity index (χ4n) is 1.78. The molecule has 1 aromatic heterocycles. The normalized spacial score (nSPS) is 19.9. The van der Waals surface area contributed by atoms with Crippen LogP contribution in [0.5, 0.6) is 0 Å². The molecular formula is C12H16N2O2. The van der Waals surface area contributed by atoms with E-state index >= 15 is 0 Å². The molecule has 1 aliphatic heterocycles. The summed E-state index contributed by atoms with van der Waals surface area (Å²) in [5, 5.41) is 3.26. The molecule has 1 saturated heterocycles. The maximum absolute atomic E-state index is 11.6. The number of pyridine rings is 1. The maximum atomic E-state index is 11.6. The summed E-state index contributed by atoms with van der Waals surface area (Å²) in [4.78, 5) is 15.6. The van der Waals surface area contributed by atoms with Gasteiger partial charge in [0.1, 0.15) is 12.3 Å². The van der Waals surface area contributed by atoms with Gasteiger partial charge in [-0.3, -0.25) is 9.78 Å². The smallest absolute Gasteiger partial charge is 0.206 e. The molecule has 86 valence electrons. The Hall–Kier alpha value is -1.26. The minimum Gasteiger partial charge on any atom is -0.373 e. The molecule has 0 aliphatic carbocycles. The molecule has 1 atom stereocenters. The molecule has 4 nitrogen and oxygen atoms in total. The molecule has 1 aromatic rings. The molecule has 1 N–H and O–H groups in total. The molecular weight excluding hydrogens is 204 g/mol. The molecule has 2 heterocycles. The second kappa shape index (κ2) is 5.72. The Bertz CT molecular complexity index is 334. The van der Waals surface area contributed by atoms with Gasteiger partial charge in [-0.25, -0.2) is 0 Å². The van der Waals surface area contributed by atoms with E-state index in [1.54, 1.807) is 24.4 Å². The number of ketones is 1. The third-order valence-electron chi connectivity index (χ3n) is 2.70. The number of rotatable bonds is 5. The van der Waals surface area contributed by atoms with Crippen LogP contribution in [0.15, 0.2) is 24.4 Å². The van der Waals surface area contributed by atoms with Crippen LogP contribution in [0.25, 0.3) is 0 Å². The highest BCUT2D eigenvalue weighted by atomic mass is 16.5. The fraction of sp³-hybridized carbons (Fsp3) is 0.500. The van der Waals surface area contributed by atoms with Crippen molar-refractivity contribution < 1.29 is 9.53 Å². The predicted molar refractivity (Wildman–Crippen MR) is 60.4 cm³/mol. The second-order valence-corrected chi connectivity index (χ2v) is 4.01. The van der Waals surface area contributed by atoms with Crippen LogP contribution in [0, 0.1) is 5.92 Å². The summed E-state index contributed by atoms with van der Waals surface area (Å²) in [7, 11) is 0. The number of Topliss-reactive ketones (excluding diaryl/α,β-unsaturated/α-hetero) is 1. The third kappa shape index (κ3) is 3.12. The minimum atomic E-state index is -0.0495. The number of carbonyl (C=O) groups is 1. The van der Waals surface area contributed by atoms with Crippen molar-refractivity contribution in [1.82, 2.24) is 10.3 Å². The zero-order chi connectivity index (χ0) is 11.2. The number of nitrogens with one attached hydrogen (secondary N) is 1. The molecule has 0 bridgehead atoms. The van der Waals surface area contributed by atoms with Crippen LogP contribution >= 0.6 is 0 Å². The number of carbonyl (C=O) groups excluding carboxylic acids is 1. The Kier molecular flexibility index (Phi) is 4.02. The van der Waals surface area contributed by atoms with Gasteiger partial charge in [0.25, 0.3) is 0 Å². The van der Waals surface area contributed by atoms with Gasteiger partial charge in [-0.05, 0) is 31.0 Å². The van der Waals surface area contributed by atoms with Crippen molar-refractivity contribution >= 4 is 5.78 Å². The summed E-state index contributed by atoms with van der Waals surface area (Å²) < 4.78 is 5.40. The summed E-state index contributed by atoms with van der Waals surface area (Å²) in [6, 6.07) is 5.31. The lowest BCUT2D eigenvalue weighted by molar-refractivity contribution is 0.0687. The number of hydrogen-bond donors (Lipinski definition) is 1. The summed E-state index contributed by atoms with van der Waals surface area (Å²) in [6.45, 7) is 2.85. The van der Waals surface area contributed by atoms with Crippen molar-refractivity contribution in [2.45, 2.75) is 6.42 Å². The van der Waals surface area contributed by atoms with E-state index in [0.29, 0.717) is 18.2 Å². The number of hydrogen-bond acceptors (Lipinski definition) is 4. The largest absolute Gasteiger partial charge is 0.373 e. The van der Waals surface area contributed by atoms with Crippen LogP contribution in [-0.4, -0.2) is 37.1 Å². The first-order valence-electron chi connectivity index (χ1n) is 5.59. The van der Waals surface area contributed by atoms with Crippen LogP contribution in [0.3, 0.4) is 0 Å². The molecule has 0 saturated carbocycles. The van der Waals surface area contributed by atoms with E-state index in [1.165, 1.54) is 0 Å². The SMILES string of the molecule is O=C(COC[C@H]1CCNC1)c1ccccn1. The second-order valence-electron chi connectivity index (χ2n) is 4.01. The van der Waals surface area contributed by atoms with Crippen LogP contribution in [-0.2, 0) is 4.74 Å². The van der Waals surface area contributed by atoms with E-state index in [4.69, 9.17) is 4.74 Å². The van der Waals surface area contributed by atoms with Crippen LogP contribution in [0.4, 0.5) is 0 Å². The standard InChI is InChI=1S/C12H16N2O2/c15-12(11-3-1-2-5-14-11)9-16-8-10-4-6-13-7-10/h1-3,5,10,13H,4,6-9H2/t10-/m0/s1. The Balaban J connectivity index is 1.71. The van der Waals surface area contributed by atoms with Gasteiger partial charge in [0.15, 0.2) is 0 Å². The van der Waals surface area contributed by atoms with Gasteiger partial charge < -0.3 is 10.1 Å². The van der Waals surface area contributed by atoms with E-state index in [2.05, 4.69) is 10.3 Å². The summed E-state index contributed by atoms with van der Waals surface area (Å²) in [5.41, 5.74) is 0.479. The predicted octanol–water partition coefficient (Wildman–Crippen LogP) is 0.890. The van der Waals surface area contributed by atoms with Crippen molar-refractivity contribution in [3.8, 4) is 0 Å². The minimum absolute atomic E-state index is 0.0495. The molecule has 0 aromatic carbocycles. The van der Waals surface area contributed by atoms with Crippen molar-refractivity contribution in [1.29, 1.82) is 0 Å². The molecule has 2 rings (SSSR count). The highest BCUT2D eigenvalue weighted by Gasteiger charge is 2.15. The molecule has 4 heteroatoms. The lowest BCUT2D eigenvalue weighted by Crippen LogP contribution is -2.17. The van der Waals surface area contributed by atoms with Crippen molar-refractivity contribution in [2.24, 2.45) is 5.92 Å². The first kappa shape index (κ1) is 11.2. The number of aromatic nitrogens is 1. The average molecular weight is 220 g/mol. The topological polar surface area (TPSA) is 51.2 Å². The van der Waals surface area contributed by atoms with Crippen molar-refractivity contribution in [2.75, 3.05) is 26.3 Å². The van der Waals surface area contributed by atoms with Gasteiger partial charge in [0.2, 0.25) is 5.78 Å². The van der Waals surface area contributed by atoms with Crippen LogP contribution < -0.4 is 5.32 Å². The average Bonchev–Trinajstić information content (AvgIpc) is 2.83. The van der Waals surface area contributed by atoms with Gasteiger partial charge >= 0.3 is 0 Å². The van der Waals surface area contributed by atoms with E-state index in [0.717, 1.165) is 19.5 Å². The molecule has 1 aliphatic rings.